The minimum Gasteiger partial charge on any atom is -0.463 e. The van der Waals surface area contributed by atoms with Crippen molar-refractivity contribution in [3.05, 3.63) is 89.9 Å². The lowest BCUT2D eigenvalue weighted by atomic mass is 10.0. The van der Waals surface area contributed by atoms with Crippen LogP contribution in [0, 0.1) is 0 Å². The van der Waals surface area contributed by atoms with E-state index in [0.717, 1.165) is 5.56 Å². The van der Waals surface area contributed by atoms with Crippen LogP contribution in [0.25, 0.3) is 0 Å². The molecule has 0 saturated heterocycles. The van der Waals surface area contributed by atoms with E-state index in [1.54, 1.807) is 50.2 Å². The molecule has 0 spiro atoms. The molecule has 1 unspecified atom stereocenters. The zero-order valence-electron chi connectivity index (χ0n) is 17.3. The predicted molar refractivity (Wildman–Crippen MR) is 116 cm³/mol. The van der Waals surface area contributed by atoms with Gasteiger partial charge in [0.25, 0.3) is 11.8 Å². The minimum atomic E-state index is -0.529. The lowest BCUT2D eigenvalue weighted by molar-refractivity contribution is -0.147. The Hall–Kier alpha value is -3.87. The smallest absolute Gasteiger partial charge is 0.308 e. The molecule has 160 valence electrons. The number of rotatable bonds is 8. The Morgan fingerprint density at radius 3 is 2.23 bits per heavy atom. The number of hydrogen-bond donors (Lipinski definition) is 2. The van der Waals surface area contributed by atoms with E-state index >= 15 is 0 Å². The number of anilines is 1. The van der Waals surface area contributed by atoms with Crippen molar-refractivity contribution >= 4 is 23.5 Å². The van der Waals surface area contributed by atoms with Crippen LogP contribution in [0.3, 0.4) is 0 Å². The van der Waals surface area contributed by atoms with Crippen LogP contribution in [0.1, 0.15) is 52.8 Å². The summed E-state index contributed by atoms with van der Waals surface area (Å²) in [6.45, 7) is 3.56. The Morgan fingerprint density at radius 2 is 1.61 bits per heavy atom. The SMILES string of the molecule is CC(C)OC(=O)CC(NC(=O)c1ccc(NC(=O)c2ccco2)cc1)c1ccccc1. The second-order valence-corrected chi connectivity index (χ2v) is 7.19. The van der Waals surface area contributed by atoms with Gasteiger partial charge in [0, 0.05) is 11.3 Å². The van der Waals surface area contributed by atoms with Gasteiger partial charge in [-0.3, -0.25) is 14.4 Å². The van der Waals surface area contributed by atoms with Crippen molar-refractivity contribution in [2.75, 3.05) is 5.32 Å². The van der Waals surface area contributed by atoms with E-state index in [-0.39, 0.29) is 36.1 Å². The van der Waals surface area contributed by atoms with E-state index < -0.39 is 6.04 Å². The Balaban J connectivity index is 1.67. The summed E-state index contributed by atoms with van der Waals surface area (Å²) in [4.78, 5) is 37.0. The highest BCUT2D eigenvalue weighted by Crippen LogP contribution is 2.19. The van der Waals surface area contributed by atoms with Gasteiger partial charge in [-0.05, 0) is 55.8 Å². The molecule has 0 fully saturated rings. The molecular formula is C24H24N2O5. The van der Waals surface area contributed by atoms with Crippen LogP contribution in [-0.4, -0.2) is 23.9 Å². The minimum absolute atomic E-state index is 0.0191. The van der Waals surface area contributed by atoms with E-state index in [1.807, 2.05) is 30.3 Å². The lowest BCUT2D eigenvalue weighted by Gasteiger charge is -2.19. The molecule has 2 N–H and O–H groups in total. The Labute approximate surface area is 180 Å². The molecule has 0 aliphatic rings. The molecular weight excluding hydrogens is 396 g/mol. The number of hydrogen-bond acceptors (Lipinski definition) is 5. The lowest BCUT2D eigenvalue weighted by Crippen LogP contribution is -2.31. The molecule has 7 heteroatoms. The first-order valence-corrected chi connectivity index (χ1v) is 9.92. The first-order valence-electron chi connectivity index (χ1n) is 9.92. The normalized spacial score (nSPS) is 11.6. The number of esters is 1. The summed E-state index contributed by atoms with van der Waals surface area (Å²) >= 11 is 0. The average molecular weight is 420 g/mol. The zero-order valence-corrected chi connectivity index (χ0v) is 17.3. The van der Waals surface area contributed by atoms with Gasteiger partial charge in [0.2, 0.25) is 0 Å². The van der Waals surface area contributed by atoms with Gasteiger partial charge in [-0.2, -0.15) is 0 Å². The predicted octanol–water partition coefficient (Wildman–Crippen LogP) is 4.34. The van der Waals surface area contributed by atoms with Crippen LogP contribution >= 0.6 is 0 Å². The maximum absolute atomic E-state index is 12.8. The number of ether oxygens (including phenoxy) is 1. The highest BCUT2D eigenvalue weighted by atomic mass is 16.5. The van der Waals surface area contributed by atoms with E-state index in [2.05, 4.69) is 10.6 Å². The monoisotopic (exact) mass is 420 g/mol. The molecule has 0 bridgehead atoms. The van der Waals surface area contributed by atoms with E-state index in [4.69, 9.17) is 9.15 Å². The number of benzene rings is 2. The van der Waals surface area contributed by atoms with Crippen LogP contribution < -0.4 is 10.6 Å². The number of carbonyl (C=O) groups excluding carboxylic acids is 3. The standard InChI is InChI=1S/C24H24N2O5/c1-16(2)31-22(27)15-20(17-7-4-3-5-8-17)26-23(28)18-10-12-19(13-11-18)25-24(29)21-9-6-14-30-21/h3-14,16,20H,15H2,1-2H3,(H,25,29)(H,26,28). The second-order valence-electron chi connectivity index (χ2n) is 7.19. The number of carbonyl (C=O) groups is 3. The van der Waals surface area contributed by atoms with Crippen LogP contribution in [0.15, 0.2) is 77.4 Å². The van der Waals surface area contributed by atoms with Gasteiger partial charge in [0.05, 0.1) is 24.8 Å². The van der Waals surface area contributed by atoms with Crippen LogP contribution in [0.2, 0.25) is 0 Å². The summed E-state index contributed by atoms with van der Waals surface area (Å²) in [5.41, 5.74) is 1.73. The molecule has 0 aliphatic carbocycles. The number of furan rings is 1. The first-order chi connectivity index (χ1) is 14.9. The van der Waals surface area contributed by atoms with Gasteiger partial charge in [-0.15, -0.1) is 0 Å². The molecule has 2 amide bonds. The fourth-order valence-electron chi connectivity index (χ4n) is 2.96. The molecule has 1 aromatic heterocycles. The van der Waals surface area contributed by atoms with Gasteiger partial charge < -0.3 is 19.8 Å². The van der Waals surface area contributed by atoms with Crippen molar-refractivity contribution in [2.24, 2.45) is 0 Å². The maximum atomic E-state index is 12.8. The number of nitrogens with one attached hydrogen (secondary N) is 2. The molecule has 1 atom stereocenters. The van der Waals surface area contributed by atoms with Crippen molar-refractivity contribution in [2.45, 2.75) is 32.4 Å². The fraction of sp³-hybridized carbons (Fsp3) is 0.208. The van der Waals surface area contributed by atoms with E-state index in [0.29, 0.717) is 11.3 Å². The number of amides is 2. The molecule has 0 saturated carbocycles. The molecule has 0 aliphatic heterocycles. The molecule has 2 aromatic carbocycles. The quantitative estimate of drug-likeness (QED) is 0.528. The molecule has 3 rings (SSSR count). The second kappa shape index (κ2) is 10.2. The summed E-state index contributed by atoms with van der Waals surface area (Å²) in [6.07, 6.45) is 1.21. The third kappa shape index (κ3) is 6.30. The molecule has 1 heterocycles. The van der Waals surface area contributed by atoms with Gasteiger partial charge in [0.1, 0.15) is 0 Å². The van der Waals surface area contributed by atoms with Gasteiger partial charge in [0.15, 0.2) is 5.76 Å². The highest BCUT2D eigenvalue weighted by Gasteiger charge is 2.21. The largest absolute Gasteiger partial charge is 0.463 e. The van der Waals surface area contributed by atoms with Crippen molar-refractivity contribution < 1.29 is 23.5 Å². The Morgan fingerprint density at radius 1 is 0.903 bits per heavy atom. The van der Waals surface area contributed by atoms with Crippen molar-refractivity contribution in [1.82, 2.24) is 5.32 Å². The first kappa shape index (κ1) is 21.8. The summed E-state index contributed by atoms with van der Waals surface area (Å²) in [6, 6.07) is 18.4. The maximum Gasteiger partial charge on any atom is 0.308 e. The third-order valence-corrected chi connectivity index (χ3v) is 4.40. The summed E-state index contributed by atoms with van der Waals surface area (Å²) in [5.74, 6) is -0.911. The summed E-state index contributed by atoms with van der Waals surface area (Å²) in [7, 11) is 0. The molecule has 7 nitrogen and oxygen atoms in total. The van der Waals surface area contributed by atoms with Gasteiger partial charge in [-0.1, -0.05) is 30.3 Å². The van der Waals surface area contributed by atoms with Crippen molar-refractivity contribution in [1.29, 1.82) is 0 Å². The Kier molecular flexibility index (Phi) is 7.22. The van der Waals surface area contributed by atoms with E-state index in [9.17, 15) is 14.4 Å². The van der Waals surface area contributed by atoms with Crippen LogP contribution in [0.5, 0.6) is 0 Å². The summed E-state index contributed by atoms with van der Waals surface area (Å²) in [5, 5.41) is 5.59. The van der Waals surface area contributed by atoms with E-state index in [1.165, 1.54) is 6.26 Å². The average Bonchev–Trinajstić information content (AvgIpc) is 3.29. The fourth-order valence-corrected chi connectivity index (χ4v) is 2.96. The highest BCUT2D eigenvalue weighted by molar-refractivity contribution is 6.02. The van der Waals surface area contributed by atoms with Crippen LogP contribution in [0.4, 0.5) is 5.69 Å². The van der Waals surface area contributed by atoms with Crippen molar-refractivity contribution in [3.8, 4) is 0 Å². The van der Waals surface area contributed by atoms with Crippen LogP contribution in [-0.2, 0) is 9.53 Å². The van der Waals surface area contributed by atoms with Gasteiger partial charge in [-0.25, -0.2) is 0 Å². The molecule has 0 radical (unpaired) electrons. The Bertz CT molecular complexity index is 1010. The molecule has 3 aromatic rings. The third-order valence-electron chi connectivity index (χ3n) is 4.40. The van der Waals surface area contributed by atoms with Crippen molar-refractivity contribution in [3.63, 3.8) is 0 Å². The summed E-state index contributed by atoms with van der Waals surface area (Å²) < 4.78 is 10.3. The topological polar surface area (TPSA) is 97.6 Å². The molecule has 31 heavy (non-hydrogen) atoms. The zero-order chi connectivity index (χ0) is 22.2. The van der Waals surface area contributed by atoms with Gasteiger partial charge >= 0.3 is 5.97 Å².